The van der Waals surface area contributed by atoms with Crippen LogP contribution in [0.25, 0.3) is 5.52 Å². The van der Waals surface area contributed by atoms with Gasteiger partial charge >= 0.3 is 0 Å². The summed E-state index contributed by atoms with van der Waals surface area (Å²) in [6, 6.07) is 0. The highest BCUT2D eigenvalue weighted by Crippen LogP contribution is 2.29. The van der Waals surface area contributed by atoms with E-state index in [9.17, 15) is 4.79 Å². The van der Waals surface area contributed by atoms with E-state index in [1.54, 1.807) is 10.7 Å². The molecule has 0 bridgehead atoms. The molecule has 1 aliphatic rings. The highest BCUT2D eigenvalue weighted by atomic mass is 35.5. The Kier molecular flexibility index (Phi) is 6.75. The number of nitrogen functional groups attached to an aromatic ring is 1. The number of fused-ring (bicyclic) bond motifs is 1. The maximum Gasteiger partial charge on any atom is 0.238 e. The van der Waals surface area contributed by atoms with E-state index >= 15 is 0 Å². The predicted molar refractivity (Wildman–Crippen MR) is 97.0 cm³/mol. The molecule has 1 unspecified atom stereocenters. The molecule has 0 amide bonds. The number of rotatable bonds is 3. The van der Waals surface area contributed by atoms with Crippen LogP contribution < -0.4 is 5.73 Å². The molecule has 1 fully saturated rings. The Morgan fingerprint density at radius 1 is 1.56 bits per heavy atom. The van der Waals surface area contributed by atoms with Crippen molar-refractivity contribution in [1.82, 2.24) is 14.6 Å². The van der Waals surface area contributed by atoms with Gasteiger partial charge in [0.05, 0.1) is 35.2 Å². The summed E-state index contributed by atoms with van der Waals surface area (Å²) < 4.78 is 6.56. The molecule has 0 aliphatic carbocycles. The number of carbonyl (C=O) groups excluding carboxylic acids is 1. The number of carbonyl (C=O) groups is 1. The van der Waals surface area contributed by atoms with E-state index in [1.807, 2.05) is 0 Å². The van der Waals surface area contributed by atoms with Gasteiger partial charge in [-0.15, -0.1) is 5.10 Å². The second kappa shape index (κ2) is 8.60. The molecule has 2 aromatic heterocycles. The molecule has 3 heterocycles. The molecule has 0 saturated carbocycles. The number of aromatic nitrogens is 3. The number of Topliss-reactive ketones (excluding diaryl/α,β-unsaturated/α-hetero) is 1. The SMILES string of the molecule is CC(=O)c1c(Cl)c2cnc(N)nn2c1CC(C)C.OC1CCCOC1. The van der Waals surface area contributed by atoms with Crippen LogP contribution in [0.3, 0.4) is 0 Å². The van der Waals surface area contributed by atoms with Crippen LogP contribution in [0.15, 0.2) is 6.20 Å². The van der Waals surface area contributed by atoms with Gasteiger partial charge < -0.3 is 15.6 Å². The van der Waals surface area contributed by atoms with Crippen LogP contribution in [0.5, 0.6) is 0 Å². The van der Waals surface area contributed by atoms with Crippen molar-refractivity contribution in [2.75, 3.05) is 18.9 Å². The minimum Gasteiger partial charge on any atom is -0.391 e. The van der Waals surface area contributed by atoms with Crippen LogP contribution >= 0.6 is 11.6 Å². The second-order valence-corrected chi connectivity index (χ2v) is 6.95. The van der Waals surface area contributed by atoms with Crippen LogP contribution in [0, 0.1) is 5.92 Å². The van der Waals surface area contributed by atoms with Crippen LogP contribution in [-0.4, -0.2) is 44.8 Å². The van der Waals surface area contributed by atoms with E-state index in [-0.39, 0.29) is 17.8 Å². The molecular weight excluding hydrogens is 344 g/mol. The molecule has 1 saturated heterocycles. The third-order valence-electron chi connectivity index (χ3n) is 3.83. The van der Waals surface area contributed by atoms with E-state index in [2.05, 4.69) is 23.9 Å². The molecule has 0 radical (unpaired) electrons. The first kappa shape index (κ1) is 19.6. The zero-order valence-electron chi connectivity index (χ0n) is 14.8. The van der Waals surface area contributed by atoms with Gasteiger partial charge in [0.25, 0.3) is 0 Å². The fourth-order valence-corrected chi connectivity index (χ4v) is 3.11. The van der Waals surface area contributed by atoms with E-state index in [4.69, 9.17) is 27.2 Å². The van der Waals surface area contributed by atoms with Gasteiger partial charge in [-0.05, 0) is 32.1 Å². The predicted octanol–water partition coefficient (Wildman–Crippen LogP) is 2.52. The van der Waals surface area contributed by atoms with Crippen molar-refractivity contribution in [3.05, 3.63) is 22.5 Å². The zero-order chi connectivity index (χ0) is 18.6. The van der Waals surface area contributed by atoms with Gasteiger partial charge in [0.2, 0.25) is 5.95 Å². The monoisotopic (exact) mass is 368 g/mol. The minimum atomic E-state index is -0.186. The number of aliphatic hydroxyl groups is 1. The Hall–Kier alpha value is -1.70. The maximum atomic E-state index is 11.7. The normalized spacial score (nSPS) is 17.4. The van der Waals surface area contributed by atoms with Crippen molar-refractivity contribution >= 4 is 28.8 Å². The molecule has 138 valence electrons. The minimum absolute atomic E-state index is 0.0697. The van der Waals surface area contributed by atoms with Crippen molar-refractivity contribution in [3.63, 3.8) is 0 Å². The van der Waals surface area contributed by atoms with Crippen molar-refractivity contribution in [1.29, 1.82) is 0 Å². The highest BCUT2D eigenvalue weighted by molar-refractivity contribution is 6.37. The summed E-state index contributed by atoms with van der Waals surface area (Å²) in [5.41, 5.74) is 7.52. The lowest BCUT2D eigenvalue weighted by Crippen LogP contribution is -2.21. The first-order chi connectivity index (χ1) is 11.8. The average molecular weight is 369 g/mol. The number of nitrogens with zero attached hydrogens (tertiary/aromatic N) is 3. The Bertz CT molecular complexity index is 739. The van der Waals surface area contributed by atoms with Crippen molar-refractivity contribution in [2.24, 2.45) is 5.92 Å². The molecule has 2 aromatic rings. The molecule has 8 heteroatoms. The lowest BCUT2D eigenvalue weighted by molar-refractivity contribution is -0.00535. The number of aliphatic hydroxyl groups excluding tert-OH is 1. The van der Waals surface area contributed by atoms with E-state index in [1.165, 1.54) is 6.92 Å². The summed E-state index contributed by atoms with van der Waals surface area (Å²) in [6.45, 7) is 7.02. The smallest absolute Gasteiger partial charge is 0.238 e. The number of hydrogen-bond acceptors (Lipinski definition) is 6. The van der Waals surface area contributed by atoms with Crippen LogP contribution in [-0.2, 0) is 11.2 Å². The standard InChI is InChI=1S/C12H15ClN4O.C5H10O2/c1-6(2)4-8-10(7(3)18)11(13)9-5-15-12(14)16-17(8)9;6-5-2-1-3-7-4-5/h5-6H,4H2,1-3H3,(H2,14,16);5-6H,1-4H2. The molecule has 1 atom stereocenters. The lowest BCUT2D eigenvalue weighted by Gasteiger charge is -2.15. The Morgan fingerprint density at radius 2 is 2.28 bits per heavy atom. The van der Waals surface area contributed by atoms with Crippen LogP contribution in [0.1, 0.15) is 49.7 Å². The summed E-state index contributed by atoms with van der Waals surface area (Å²) >= 11 is 6.23. The molecule has 3 N–H and O–H groups in total. The number of ketones is 1. The van der Waals surface area contributed by atoms with Gasteiger partial charge in [-0.1, -0.05) is 25.4 Å². The topological polar surface area (TPSA) is 103 Å². The number of nitrogens with two attached hydrogens (primary N) is 1. The summed E-state index contributed by atoms with van der Waals surface area (Å²) in [6.07, 6.45) is 4.00. The Morgan fingerprint density at radius 3 is 2.76 bits per heavy atom. The second-order valence-electron chi connectivity index (χ2n) is 6.57. The molecule has 25 heavy (non-hydrogen) atoms. The number of hydrogen-bond donors (Lipinski definition) is 2. The van der Waals surface area contributed by atoms with Crippen molar-refractivity contribution < 1.29 is 14.6 Å². The zero-order valence-corrected chi connectivity index (χ0v) is 15.6. The molecule has 3 rings (SSSR count). The third-order valence-corrected chi connectivity index (χ3v) is 4.21. The van der Waals surface area contributed by atoms with Crippen LogP contribution in [0.2, 0.25) is 5.02 Å². The molecular formula is C17H25ClN4O3. The lowest BCUT2D eigenvalue weighted by atomic mass is 10.0. The van der Waals surface area contributed by atoms with E-state index < -0.39 is 0 Å². The Labute approximate surface area is 152 Å². The quantitative estimate of drug-likeness (QED) is 0.807. The summed E-state index contributed by atoms with van der Waals surface area (Å²) in [5.74, 6) is 0.474. The molecule has 1 aliphatic heterocycles. The van der Waals surface area contributed by atoms with Gasteiger partial charge in [0.1, 0.15) is 5.52 Å². The van der Waals surface area contributed by atoms with Gasteiger partial charge in [0, 0.05) is 6.61 Å². The van der Waals surface area contributed by atoms with Crippen molar-refractivity contribution in [2.45, 2.75) is 46.1 Å². The first-order valence-electron chi connectivity index (χ1n) is 8.39. The highest BCUT2D eigenvalue weighted by Gasteiger charge is 2.22. The Balaban J connectivity index is 0.000000269. The van der Waals surface area contributed by atoms with Gasteiger partial charge in [-0.3, -0.25) is 4.79 Å². The summed E-state index contributed by atoms with van der Waals surface area (Å²) in [4.78, 5) is 15.7. The third kappa shape index (κ3) is 4.90. The van der Waals surface area contributed by atoms with Crippen LogP contribution in [0.4, 0.5) is 5.95 Å². The number of ether oxygens (including phenoxy) is 1. The fourth-order valence-electron chi connectivity index (χ4n) is 2.74. The van der Waals surface area contributed by atoms with Gasteiger partial charge in [0.15, 0.2) is 5.78 Å². The summed E-state index contributed by atoms with van der Waals surface area (Å²) in [7, 11) is 0. The molecule has 7 nitrogen and oxygen atoms in total. The largest absolute Gasteiger partial charge is 0.391 e. The molecule has 0 spiro atoms. The maximum absolute atomic E-state index is 11.7. The average Bonchev–Trinajstić information content (AvgIpc) is 2.80. The number of anilines is 1. The van der Waals surface area contributed by atoms with E-state index in [0.29, 0.717) is 35.0 Å². The number of halogens is 1. The van der Waals surface area contributed by atoms with Gasteiger partial charge in [-0.2, -0.15) is 0 Å². The fraction of sp³-hybridized carbons (Fsp3) is 0.588. The summed E-state index contributed by atoms with van der Waals surface area (Å²) in [5, 5.41) is 13.3. The van der Waals surface area contributed by atoms with Gasteiger partial charge in [-0.25, -0.2) is 9.50 Å². The van der Waals surface area contributed by atoms with E-state index in [0.717, 1.165) is 25.1 Å². The van der Waals surface area contributed by atoms with Crippen molar-refractivity contribution in [3.8, 4) is 0 Å². The first-order valence-corrected chi connectivity index (χ1v) is 8.77. The molecule has 0 aromatic carbocycles.